The summed E-state index contributed by atoms with van der Waals surface area (Å²) in [6.07, 6.45) is 1.62. The highest BCUT2D eigenvalue weighted by atomic mass is 32.1. The van der Waals surface area contributed by atoms with Crippen molar-refractivity contribution in [3.63, 3.8) is 0 Å². The summed E-state index contributed by atoms with van der Waals surface area (Å²) in [5.41, 5.74) is 2.26. The second kappa shape index (κ2) is 5.90. The van der Waals surface area contributed by atoms with E-state index >= 15 is 0 Å². The molecule has 5 nitrogen and oxygen atoms in total. The van der Waals surface area contributed by atoms with Crippen molar-refractivity contribution in [2.24, 2.45) is 0 Å². The zero-order chi connectivity index (χ0) is 16.5. The van der Waals surface area contributed by atoms with Crippen LogP contribution in [0.25, 0.3) is 21.1 Å². The van der Waals surface area contributed by atoms with Gasteiger partial charge in [-0.15, -0.1) is 0 Å². The van der Waals surface area contributed by atoms with Crippen molar-refractivity contribution in [2.75, 3.05) is 5.32 Å². The molecule has 0 atom stereocenters. The quantitative estimate of drug-likeness (QED) is 0.625. The van der Waals surface area contributed by atoms with Crippen LogP contribution in [0.3, 0.4) is 0 Å². The molecule has 1 N–H and O–H groups in total. The predicted octanol–water partition coefficient (Wildman–Crippen LogP) is 3.25. The fraction of sp³-hybridized carbons (Fsp3) is 0.0556. The van der Waals surface area contributed by atoms with Crippen LogP contribution in [0.4, 0.5) is 5.69 Å². The number of para-hydroxylation sites is 2. The Bertz CT molecular complexity index is 1110. The molecule has 6 heteroatoms. The van der Waals surface area contributed by atoms with E-state index in [9.17, 15) is 9.59 Å². The van der Waals surface area contributed by atoms with Crippen molar-refractivity contribution in [3.8, 4) is 0 Å². The number of pyridine rings is 1. The van der Waals surface area contributed by atoms with E-state index in [1.54, 1.807) is 6.20 Å². The molecule has 2 heterocycles. The number of hydrogen-bond acceptors (Lipinski definition) is 4. The molecule has 2 aromatic heterocycles. The number of nitrogens with one attached hydrogen (secondary N) is 1. The minimum atomic E-state index is -0.252. The number of anilines is 1. The minimum absolute atomic E-state index is 0.0182. The van der Waals surface area contributed by atoms with Crippen LogP contribution in [0.2, 0.25) is 0 Å². The SMILES string of the molecule is O=C(Cn1c(=O)sc2ccccc21)Nc1cnc2ccccc2c1. The van der Waals surface area contributed by atoms with E-state index in [0.29, 0.717) is 5.69 Å². The number of amides is 1. The van der Waals surface area contributed by atoms with Gasteiger partial charge < -0.3 is 5.32 Å². The molecule has 4 rings (SSSR count). The Morgan fingerprint density at radius 1 is 1.12 bits per heavy atom. The van der Waals surface area contributed by atoms with E-state index in [2.05, 4.69) is 10.3 Å². The van der Waals surface area contributed by atoms with Crippen molar-refractivity contribution in [1.82, 2.24) is 9.55 Å². The molecule has 1 amide bonds. The van der Waals surface area contributed by atoms with E-state index < -0.39 is 0 Å². The molecular formula is C18H13N3O2S. The molecule has 0 saturated heterocycles. The summed E-state index contributed by atoms with van der Waals surface area (Å²) in [5.74, 6) is -0.252. The van der Waals surface area contributed by atoms with Crippen LogP contribution in [0.15, 0.2) is 65.6 Å². The Labute approximate surface area is 141 Å². The fourth-order valence-corrected chi connectivity index (χ4v) is 3.54. The fourth-order valence-electron chi connectivity index (χ4n) is 2.65. The number of rotatable bonds is 3. The van der Waals surface area contributed by atoms with E-state index in [-0.39, 0.29) is 17.3 Å². The third-order valence-corrected chi connectivity index (χ3v) is 4.71. The molecule has 2 aromatic carbocycles. The zero-order valence-electron chi connectivity index (χ0n) is 12.6. The molecular weight excluding hydrogens is 322 g/mol. The molecule has 24 heavy (non-hydrogen) atoms. The van der Waals surface area contributed by atoms with Gasteiger partial charge in [0.25, 0.3) is 0 Å². The first-order valence-corrected chi connectivity index (χ1v) is 8.25. The topological polar surface area (TPSA) is 64.0 Å². The van der Waals surface area contributed by atoms with Gasteiger partial charge in [0.15, 0.2) is 0 Å². The molecule has 0 aliphatic rings. The Morgan fingerprint density at radius 2 is 1.92 bits per heavy atom. The van der Waals surface area contributed by atoms with Crippen LogP contribution < -0.4 is 10.2 Å². The highest BCUT2D eigenvalue weighted by Crippen LogP contribution is 2.18. The lowest BCUT2D eigenvalue weighted by molar-refractivity contribution is -0.116. The zero-order valence-corrected chi connectivity index (χ0v) is 13.4. The van der Waals surface area contributed by atoms with Crippen LogP contribution in [0.5, 0.6) is 0 Å². The van der Waals surface area contributed by atoms with Gasteiger partial charge in [-0.25, -0.2) is 0 Å². The van der Waals surface area contributed by atoms with Crippen molar-refractivity contribution < 1.29 is 4.79 Å². The van der Waals surface area contributed by atoms with Gasteiger partial charge in [-0.1, -0.05) is 41.7 Å². The Morgan fingerprint density at radius 3 is 2.83 bits per heavy atom. The van der Waals surface area contributed by atoms with Crippen molar-refractivity contribution in [3.05, 3.63) is 70.5 Å². The lowest BCUT2D eigenvalue weighted by atomic mass is 10.2. The van der Waals surface area contributed by atoms with Crippen molar-refractivity contribution >= 4 is 44.1 Å². The average Bonchev–Trinajstić information content (AvgIpc) is 2.90. The standard InChI is InChI=1S/C18H13N3O2S/c22-17(11-21-15-7-3-4-8-16(15)24-18(21)23)20-13-9-12-5-1-2-6-14(12)19-10-13/h1-10H,11H2,(H,20,22). The third kappa shape index (κ3) is 2.68. The molecule has 4 aromatic rings. The number of aromatic nitrogens is 2. The first-order valence-electron chi connectivity index (χ1n) is 7.44. The Kier molecular flexibility index (Phi) is 3.59. The number of fused-ring (bicyclic) bond motifs is 2. The predicted molar refractivity (Wildman–Crippen MR) is 96.5 cm³/mol. The first kappa shape index (κ1) is 14.6. The summed E-state index contributed by atoms with van der Waals surface area (Å²) < 4.78 is 2.37. The largest absolute Gasteiger partial charge is 0.323 e. The third-order valence-electron chi connectivity index (χ3n) is 3.75. The van der Waals surface area contributed by atoms with E-state index in [4.69, 9.17) is 0 Å². The van der Waals surface area contributed by atoms with Gasteiger partial charge in [-0.3, -0.25) is 19.1 Å². The van der Waals surface area contributed by atoms with Crippen LogP contribution in [0, 0.1) is 0 Å². The Hall–Kier alpha value is -2.99. The smallest absolute Gasteiger partial charge is 0.308 e. The highest BCUT2D eigenvalue weighted by Gasteiger charge is 2.11. The van der Waals surface area contributed by atoms with E-state index in [1.807, 2.05) is 54.6 Å². The molecule has 0 bridgehead atoms. The molecule has 0 fully saturated rings. The number of hydrogen-bond donors (Lipinski definition) is 1. The van der Waals surface area contributed by atoms with E-state index in [0.717, 1.165) is 32.5 Å². The molecule has 0 spiro atoms. The molecule has 0 aliphatic carbocycles. The number of thiazole rings is 1. The van der Waals surface area contributed by atoms with Gasteiger partial charge in [-0.05, 0) is 24.3 Å². The molecule has 118 valence electrons. The summed E-state index contributed by atoms with van der Waals surface area (Å²) in [4.78, 5) is 28.6. The minimum Gasteiger partial charge on any atom is -0.323 e. The molecule has 0 saturated carbocycles. The van der Waals surface area contributed by atoms with Gasteiger partial charge in [0.1, 0.15) is 6.54 Å². The van der Waals surface area contributed by atoms with E-state index in [1.165, 1.54) is 4.57 Å². The molecule has 0 unspecified atom stereocenters. The average molecular weight is 335 g/mol. The van der Waals surface area contributed by atoms with Crippen LogP contribution in [0.1, 0.15) is 0 Å². The lowest BCUT2D eigenvalue weighted by Crippen LogP contribution is -2.24. The maximum absolute atomic E-state index is 12.3. The van der Waals surface area contributed by atoms with Crippen molar-refractivity contribution in [1.29, 1.82) is 0 Å². The summed E-state index contributed by atoms with van der Waals surface area (Å²) in [6.45, 7) is -0.0182. The van der Waals surface area contributed by atoms with Gasteiger partial charge in [0.2, 0.25) is 5.91 Å². The van der Waals surface area contributed by atoms with Crippen molar-refractivity contribution in [2.45, 2.75) is 6.54 Å². The van der Waals surface area contributed by atoms with Crippen LogP contribution in [-0.2, 0) is 11.3 Å². The summed E-state index contributed by atoms with van der Waals surface area (Å²) in [5, 5.41) is 3.76. The Balaban J connectivity index is 1.59. The lowest BCUT2D eigenvalue weighted by Gasteiger charge is -2.07. The van der Waals surface area contributed by atoms with Gasteiger partial charge >= 0.3 is 4.87 Å². The first-order chi connectivity index (χ1) is 11.7. The summed E-state index contributed by atoms with van der Waals surface area (Å²) in [7, 11) is 0. The maximum atomic E-state index is 12.3. The maximum Gasteiger partial charge on any atom is 0.308 e. The van der Waals surface area contributed by atoms with Crippen LogP contribution in [-0.4, -0.2) is 15.5 Å². The number of carbonyl (C=O) groups is 1. The second-order valence-corrected chi connectivity index (χ2v) is 6.38. The normalized spacial score (nSPS) is 11.0. The number of benzene rings is 2. The monoisotopic (exact) mass is 335 g/mol. The number of carbonyl (C=O) groups excluding carboxylic acids is 1. The number of nitrogens with zero attached hydrogens (tertiary/aromatic N) is 2. The highest BCUT2D eigenvalue weighted by molar-refractivity contribution is 7.16. The van der Waals surface area contributed by atoms with Gasteiger partial charge in [0, 0.05) is 5.39 Å². The summed E-state index contributed by atoms with van der Waals surface area (Å²) >= 11 is 1.14. The molecule has 0 radical (unpaired) electrons. The summed E-state index contributed by atoms with van der Waals surface area (Å²) in [6, 6.07) is 17.0. The second-order valence-electron chi connectivity index (χ2n) is 5.39. The van der Waals surface area contributed by atoms with Gasteiger partial charge in [-0.2, -0.15) is 0 Å². The van der Waals surface area contributed by atoms with Crippen LogP contribution >= 0.6 is 11.3 Å². The molecule has 0 aliphatic heterocycles. The van der Waals surface area contributed by atoms with Gasteiger partial charge in [0.05, 0.1) is 27.6 Å².